The molecule has 94 valence electrons. The van der Waals surface area contributed by atoms with Gasteiger partial charge in [0.05, 0.1) is 18.4 Å². The molecular formula is C13H11N5O. The van der Waals surface area contributed by atoms with Gasteiger partial charge in [-0.25, -0.2) is 0 Å². The topological polar surface area (TPSA) is 64.3 Å². The molecule has 3 heterocycles. The van der Waals surface area contributed by atoms with Gasteiger partial charge in [0.2, 0.25) is 0 Å². The van der Waals surface area contributed by atoms with Crippen LogP contribution in [0.15, 0.2) is 42.9 Å². The highest BCUT2D eigenvalue weighted by molar-refractivity contribution is 5.58. The average molecular weight is 253 g/mol. The number of rotatable bonds is 1. The van der Waals surface area contributed by atoms with Crippen molar-refractivity contribution in [3.05, 3.63) is 48.7 Å². The molecule has 0 saturated heterocycles. The van der Waals surface area contributed by atoms with Gasteiger partial charge in [-0.2, -0.15) is 0 Å². The van der Waals surface area contributed by atoms with Crippen molar-refractivity contribution in [1.82, 2.24) is 19.6 Å². The van der Waals surface area contributed by atoms with E-state index < -0.39 is 0 Å². The number of benzene rings is 1. The minimum absolute atomic E-state index is 0.160. The van der Waals surface area contributed by atoms with E-state index in [0.29, 0.717) is 6.54 Å². The SMILES string of the molecule is c1ccc2c(c1)NCC(c1nnc3cnccn13)O2. The molecule has 6 heteroatoms. The van der Waals surface area contributed by atoms with Crippen molar-refractivity contribution in [3.8, 4) is 5.75 Å². The lowest BCUT2D eigenvalue weighted by Gasteiger charge is -2.26. The fourth-order valence-corrected chi connectivity index (χ4v) is 2.25. The first-order valence-corrected chi connectivity index (χ1v) is 6.06. The van der Waals surface area contributed by atoms with Crippen LogP contribution in [0.5, 0.6) is 5.75 Å². The Balaban J connectivity index is 1.75. The average Bonchev–Trinajstić information content (AvgIpc) is 2.91. The third-order valence-corrected chi connectivity index (χ3v) is 3.16. The molecule has 4 rings (SSSR count). The van der Waals surface area contributed by atoms with Gasteiger partial charge in [-0.3, -0.25) is 9.38 Å². The standard InChI is InChI=1S/C13H11N5O/c1-2-4-10-9(3-1)15-7-11(19-10)13-17-16-12-8-14-5-6-18(12)13/h1-6,8,11,15H,7H2. The maximum Gasteiger partial charge on any atom is 0.180 e. The number of nitrogens with zero attached hydrogens (tertiary/aromatic N) is 4. The predicted molar refractivity (Wildman–Crippen MR) is 69.1 cm³/mol. The Morgan fingerprint density at radius 1 is 1.26 bits per heavy atom. The summed E-state index contributed by atoms with van der Waals surface area (Å²) in [6.07, 6.45) is 5.08. The molecule has 0 fully saturated rings. The zero-order chi connectivity index (χ0) is 12.7. The quantitative estimate of drug-likeness (QED) is 0.714. The second kappa shape index (κ2) is 3.94. The largest absolute Gasteiger partial charge is 0.478 e. The van der Waals surface area contributed by atoms with E-state index in [1.165, 1.54) is 0 Å². The maximum atomic E-state index is 5.98. The number of fused-ring (bicyclic) bond motifs is 2. The Bertz CT molecular complexity index is 738. The van der Waals surface area contributed by atoms with Crippen LogP contribution in [0.25, 0.3) is 5.65 Å². The summed E-state index contributed by atoms with van der Waals surface area (Å²) in [7, 11) is 0. The maximum absolute atomic E-state index is 5.98. The van der Waals surface area contributed by atoms with Gasteiger partial charge < -0.3 is 10.1 Å². The Kier molecular flexibility index (Phi) is 2.14. The molecule has 1 aliphatic heterocycles. The van der Waals surface area contributed by atoms with Gasteiger partial charge in [-0.05, 0) is 12.1 Å². The van der Waals surface area contributed by atoms with Crippen molar-refractivity contribution in [2.75, 3.05) is 11.9 Å². The fourth-order valence-electron chi connectivity index (χ4n) is 2.25. The van der Waals surface area contributed by atoms with Gasteiger partial charge in [-0.15, -0.1) is 10.2 Å². The van der Waals surface area contributed by atoms with Crippen molar-refractivity contribution >= 4 is 11.3 Å². The molecule has 0 saturated carbocycles. The molecule has 19 heavy (non-hydrogen) atoms. The molecule has 1 aliphatic rings. The van der Waals surface area contributed by atoms with Crippen LogP contribution in [0.3, 0.4) is 0 Å². The number of anilines is 1. The summed E-state index contributed by atoms with van der Waals surface area (Å²) >= 11 is 0. The summed E-state index contributed by atoms with van der Waals surface area (Å²) in [4.78, 5) is 4.03. The highest BCUT2D eigenvalue weighted by Crippen LogP contribution is 2.33. The summed E-state index contributed by atoms with van der Waals surface area (Å²) < 4.78 is 7.87. The minimum Gasteiger partial charge on any atom is -0.478 e. The molecule has 3 aromatic rings. The monoisotopic (exact) mass is 253 g/mol. The summed E-state index contributed by atoms with van der Waals surface area (Å²) in [6.45, 7) is 0.667. The van der Waals surface area contributed by atoms with Crippen LogP contribution in [0, 0.1) is 0 Å². The van der Waals surface area contributed by atoms with Gasteiger partial charge in [0, 0.05) is 12.4 Å². The first kappa shape index (κ1) is 10.3. The van der Waals surface area contributed by atoms with E-state index in [4.69, 9.17) is 4.74 Å². The number of hydrogen-bond acceptors (Lipinski definition) is 5. The molecule has 1 aromatic carbocycles. The molecule has 0 amide bonds. The number of aromatic nitrogens is 4. The Labute approximate surface area is 109 Å². The van der Waals surface area contributed by atoms with Gasteiger partial charge in [0.1, 0.15) is 5.75 Å². The lowest BCUT2D eigenvalue weighted by molar-refractivity contribution is 0.199. The van der Waals surface area contributed by atoms with Crippen LogP contribution in [0.4, 0.5) is 5.69 Å². The molecule has 1 unspecified atom stereocenters. The van der Waals surface area contributed by atoms with Crippen LogP contribution < -0.4 is 10.1 Å². The first-order valence-electron chi connectivity index (χ1n) is 6.06. The Morgan fingerprint density at radius 3 is 3.21 bits per heavy atom. The highest BCUT2D eigenvalue weighted by atomic mass is 16.5. The zero-order valence-corrected chi connectivity index (χ0v) is 10.0. The number of nitrogens with one attached hydrogen (secondary N) is 1. The van der Waals surface area contributed by atoms with Crippen molar-refractivity contribution in [1.29, 1.82) is 0 Å². The normalized spacial score (nSPS) is 17.6. The van der Waals surface area contributed by atoms with Gasteiger partial charge in [0.15, 0.2) is 17.6 Å². The Morgan fingerprint density at radius 2 is 2.21 bits per heavy atom. The molecule has 6 nitrogen and oxygen atoms in total. The smallest absolute Gasteiger partial charge is 0.180 e. The summed E-state index contributed by atoms with van der Waals surface area (Å²) in [5.74, 6) is 1.61. The van der Waals surface area contributed by atoms with E-state index in [0.717, 1.165) is 22.9 Å². The van der Waals surface area contributed by atoms with E-state index in [2.05, 4.69) is 20.5 Å². The third kappa shape index (κ3) is 1.61. The summed E-state index contributed by atoms with van der Waals surface area (Å²) in [5, 5.41) is 11.6. The van der Waals surface area contributed by atoms with E-state index in [-0.39, 0.29) is 6.10 Å². The second-order valence-electron chi connectivity index (χ2n) is 4.35. The van der Waals surface area contributed by atoms with Crippen molar-refractivity contribution in [2.45, 2.75) is 6.10 Å². The molecule has 0 bridgehead atoms. The molecule has 0 radical (unpaired) electrons. The first-order chi connectivity index (χ1) is 9.42. The van der Waals surface area contributed by atoms with Crippen molar-refractivity contribution < 1.29 is 4.74 Å². The highest BCUT2D eigenvalue weighted by Gasteiger charge is 2.24. The van der Waals surface area contributed by atoms with E-state index >= 15 is 0 Å². The van der Waals surface area contributed by atoms with Crippen LogP contribution in [-0.2, 0) is 0 Å². The molecular weight excluding hydrogens is 242 g/mol. The summed E-state index contributed by atoms with van der Waals surface area (Å²) in [6, 6.07) is 7.87. The van der Waals surface area contributed by atoms with E-state index in [9.17, 15) is 0 Å². The zero-order valence-electron chi connectivity index (χ0n) is 10.0. The van der Waals surface area contributed by atoms with Gasteiger partial charge in [-0.1, -0.05) is 12.1 Å². The number of hydrogen-bond donors (Lipinski definition) is 1. The Hall–Kier alpha value is -2.63. The molecule has 1 atom stereocenters. The van der Waals surface area contributed by atoms with E-state index in [1.54, 1.807) is 12.4 Å². The van der Waals surface area contributed by atoms with E-state index in [1.807, 2.05) is 34.9 Å². The lowest BCUT2D eigenvalue weighted by Crippen LogP contribution is -2.25. The predicted octanol–water partition coefficient (Wildman–Crippen LogP) is 1.67. The summed E-state index contributed by atoms with van der Waals surface area (Å²) in [5.41, 5.74) is 1.73. The number of para-hydroxylation sites is 2. The molecule has 2 aromatic heterocycles. The lowest BCUT2D eigenvalue weighted by atomic mass is 10.2. The third-order valence-electron chi connectivity index (χ3n) is 3.16. The van der Waals surface area contributed by atoms with Gasteiger partial charge >= 0.3 is 0 Å². The van der Waals surface area contributed by atoms with Crippen molar-refractivity contribution in [3.63, 3.8) is 0 Å². The van der Waals surface area contributed by atoms with Crippen LogP contribution >= 0.6 is 0 Å². The second-order valence-corrected chi connectivity index (χ2v) is 4.35. The van der Waals surface area contributed by atoms with Crippen LogP contribution in [0.2, 0.25) is 0 Å². The van der Waals surface area contributed by atoms with Gasteiger partial charge in [0.25, 0.3) is 0 Å². The molecule has 0 spiro atoms. The van der Waals surface area contributed by atoms with Crippen LogP contribution in [0.1, 0.15) is 11.9 Å². The van der Waals surface area contributed by atoms with Crippen LogP contribution in [-0.4, -0.2) is 26.1 Å². The fraction of sp³-hybridized carbons (Fsp3) is 0.154. The minimum atomic E-state index is -0.160. The van der Waals surface area contributed by atoms with Crippen molar-refractivity contribution in [2.24, 2.45) is 0 Å². The number of ether oxygens (including phenoxy) is 1. The molecule has 0 aliphatic carbocycles. The molecule has 1 N–H and O–H groups in total.